The SMILES string of the molecule is O=C(NC1CCCCC1)[C@@H]1CCC(=O)N1Cc1c[nH]c2ccccc12. The average Bonchev–Trinajstić information content (AvgIpc) is 3.21. The normalized spacial score (nSPS) is 21.8. The molecule has 2 heterocycles. The third kappa shape index (κ3) is 3.28. The third-order valence-electron chi connectivity index (χ3n) is 5.60. The van der Waals surface area contributed by atoms with Crippen LogP contribution in [-0.4, -0.2) is 33.8 Å². The quantitative estimate of drug-likeness (QED) is 0.899. The second-order valence-corrected chi connectivity index (χ2v) is 7.28. The van der Waals surface area contributed by atoms with Crippen molar-refractivity contribution in [1.82, 2.24) is 15.2 Å². The smallest absolute Gasteiger partial charge is 0.243 e. The van der Waals surface area contributed by atoms with E-state index in [0.717, 1.165) is 29.3 Å². The molecule has 132 valence electrons. The molecular weight excluding hydrogens is 314 g/mol. The van der Waals surface area contributed by atoms with Crippen LogP contribution in [0.3, 0.4) is 0 Å². The van der Waals surface area contributed by atoms with Crippen molar-refractivity contribution < 1.29 is 9.59 Å². The number of rotatable bonds is 4. The van der Waals surface area contributed by atoms with Crippen LogP contribution in [0.15, 0.2) is 30.5 Å². The van der Waals surface area contributed by atoms with Crippen molar-refractivity contribution in [3.63, 3.8) is 0 Å². The zero-order valence-corrected chi connectivity index (χ0v) is 14.5. The minimum Gasteiger partial charge on any atom is -0.361 e. The number of para-hydroxylation sites is 1. The first-order valence-corrected chi connectivity index (χ1v) is 9.37. The van der Waals surface area contributed by atoms with Crippen LogP contribution in [0, 0.1) is 0 Å². The second kappa shape index (κ2) is 6.90. The lowest BCUT2D eigenvalue weighted by molar-refractivity contribution is -0.136. The largest absolute Gasteiger partial charge is 0.361 e. The Morgan fingerprint density at radius 2 is 1.96 bits per heavy atom. The first-order valence-electron chi connectivity index (χ1n) is 9.37. The molecule has 2 aliphatic rings. The van der Waals surface area contributed by atoms with E-state index in [1.54, 1.807) is 4.90 Å². The molecule has 0 unspecified atom stereocenters. The number of nitrogens with zero attached hydrogens (tertiary/aromatic N) is 1. The lowest BCUT2D eigenvalue weighted by Crippen LogP contribution is -2.48. The number of amides is 2. The van der Waals surface area contributed by atoms with Gasteiger partial charge in [0.1, 0.15) is 6.04 Å². The Labute approximate surface area is 147 Å². The van der Waals surface area contributed by atoms with Crippen LogP contribution in [0.5, 0.6) is 0 Å². The van der Waals surface area contributed by atoms with Crippen LogP contribution >= 0.6 is 0 Å². The molecule has 0 spiro atoms. The lowest BCUT2D eigenvalue weighted by Gasteiger charge is -2.28. The molecule has 5 heteroatoms. The van der Waals surface area contributed by atoms with E-state index in [-0.39, 0.29) is 23.9 Å². The summed E-state index contributed by atoms with van der Waals surface area (Å²) in [7, 11) is 0. The summed E-state index contributed by atoms with van der Waals surface area (Å²) < 4.78 is 0. The van der Waals surface area contributed by atoms with Crippen LogP contribution in [-0.2, 0) is 16.1 Å². The first-order chi connectivity index (χ1) is 12.2. The van der Waals surface area contributed by atoms with Gasteiger partial charge in [0.25, 0.3) is 0 Å². The van der Waals surface area contributed by atoms with Crippen molar-refractivity contribution in [2.24, 2.45) is 0 Å². The fraction of sp³-hybridized carbons (Fsp3) is 0.500. The van der Waals surface area contributed by atoms with Crippen molar-refractivity contribution >= 4 is 22.7 Å². The van der Waals surface area contributed by atoms with E-state index in [2.05, 4.69) is 16.4 Å². The van der Waals surface area contributed by atoms with Crippen LogP contribution in [0.25, 0.3) is 10.9 Å². The standard InChI is InChI=1S/C20H25N3O2/c24-19-11-10-18(20(25)22-15-6-2-1-3-7-15)23(19)13-14-12-21-17-9-5-4-8-16(14)17/h4-5,8-9,12,15,18,21H,1-3,6-7,10-11,13H2,(H,22,25)/t18-/m0/s1. The topological polar surface area (TPSA) is 65.2 Å². The molecule has 1 aromatic carbocycles. The highest BCUT2D eigenvalue weighted by Crippen LogP contribution is 2.26. The van der Waals surface area contributed by atoms with Gasteiger partial charge >= 0.3 is 0 Å². The highest BCUT2D eigenvalue weighted by Gasteiger charge is 2.37. The summed E-state index contributed by atoms with van der Waals surface area (Å²) in [5, 5.41) is 4.31. The zero-order valence-electron chi connectivity index (χ0n) is 14.5. The maximum Gasteiger partial charge on any atom is 0.243 e. The summed E-state index contributed by atoms with van der Waals surface area (Å²) in [5.41, 5.74) is 2.13. The minimum atomic E-state index is -0.330. The van der Waals surface area contributed by atoms with Gasteiger partial charge < -0.3 is 15.2 Å². The van der Waals surface area contributed by atoms with Crippen molar-refractivity contribution in [1.29, 1.82) is 0 Å². The number of aromatic nitrogens is 1. The highest BCUT2D eigenvalue weighted by atomic mass is 16.2. The molecule has 2 N–H and O–H groups in total. The molecule has 1 saturated carbocycles. The van der Waals surface area contributed by atoms with E-state index in [4.69, 9.17) is 0 Å². The molecule has 1 aliphatic carbocycles. The monoisotopic (exact) mass is 339 g/mol. The van der Waals surface area contributed by atoms with Gasteiger partial charge in [-0.25, -0.2) is 0 Å². The minimum absolute atomic E-state index is 0.0255. The zero-order chi connectivity index (χ0) is 17.2. The van der Waals surface area contributed by atoms with E-state index in [0.29, 0.717) is 19.4 Å². The molecule has 1 aliphatic heterocycles. The number of likely N-dealkylation sites (tertiary alicyclic amines) is 1. The average molecular weight is 339 g/mol. The fourth-order valence-electron chi connectivity index (χ4n) is 4.19. The predicted octanol–water partition coefficient (Wildman–Crippen LogP) is 3.11. The Kier molecular flexibility index (Phi) is 4.47. The number of H-pyrrole nitrogens is 1. The van der Waals surface area contributed by atoms with Crippen molar-refractivity contribution in [2.45, 2.75) is 63.6 Å². The van der Waals surface area contributed by atoms with Crippen LogP contribution in [0.4, 0.5) is 0 Å². The van der Waals surface area contributed by atoms with E-state index < -0.39 is 0 Å². The fourth-order valence-corrected chi connectivity index (χ4v) is 4.19. The number of aromatic amines is 1. The Hall–Kier alpha value is -2.30. The van der Waals surface area contributed by atoms with E-state index in [1.807, 2.05) is 24.4 Å². The number of carbonyl (C=O) groups excluding carboxylic acids is 2. The van der Waals surface area contributed by atoms with Crippen molar-refractivity contribution in [3.05, 3.63) is 36.0 Å². The predicted molar refractivity (Wildman–Crippen MR) is 96.9 cm³/mol. The van der Waals surface area contributed by atoms with Gasteiger partial charge in [-0.05, 0) is 30.9 Å². The van der Waals surface area contributed by atoms with Gasteiger partial charge in [0.2, 0.25) is 11.8 Å². The van der Waals surface area contributed by atoms with Gasteiger partial charge in [-0.2, -0.15) is 0 Å². The Balaban J connectivity index is 1.48. The lowest BCUT2D eigenvalue weighted by atomic mass is 9.95. The number of fused-ring (bicyclic) bond motifs is 1. The molecule has 2 aromatic rings. The maximum atomic E-state index is 12.7. The summed E-state index contributed by atoms with van der Waals surface area (Å²) in [6, 6.07) is 8.02. The summed E-state index contributed by atoms with van der Waals surface area (Å²) in [5.74, 6) is 0.103. The molecule has 25 heavy (non-hydrogen) atoms. The van der Waals surface area contributed by atoms with Gasteiger partial charge in [0, 0.05) is 36.1 Å². The number of benzene rings is 1. The van der Waals surface area contributed by atoms with E-state index in [1.165, 1.54) is 19.3 Å². The van der Waals surface area contributed by atoms with Crippen LogP contribution in [0.2, 0.25) is 0 Å². The maximum absolute atomic E-state index is 12.7. The number of nitrogens with one attached hydrogen (secondary N) is 2. The molecular formula is C20H25N3O2. The molecule has 5 nitrogen and oxygen atoms in total. The molecule has 0 bridgehead atoms. The Bertz CT molecular complexity index is 776. The Morgan fingerprint density at radius 3 is 2.80 bits per heavy atom. The van der Waals surface area contributed by atoms with Gasteiger partial charge in [-0.3, -0.25) is 9.59 Å². The van der Waals surface area contributed by atoms with Gasteiger partial charge in [0.05, 0.1) is 0 Å². The summed E-state index contributed by atoms with van der Waals surface area (Å²) in [6.07, 6.45) is 8.81. The van der Waals surface area contributed by atoms with Crippen LogP contribution < -0.4 is 5.32 Å². The van der Waals surface area contributed by atoms with Gasteiger partial charge in [-0.1, -0.05) is 37.5 Å². The summed E-state index contributed by atoms with van der Waals surface area (Å²) in [4.78, 5) is 30.1. The molecule has 1 aromatic heterocycles. The van der Waals surface area contributed by atoms with Gasteiger partial charge in [-0.15, -0.1) is 0 Å². The van der Waals surface area contributed by atoms with Gasteiger partial charge in [0.15, 0.2) is 0 Å². The van der Waals surface area contributed by atoms with Crippen molar-refractivity contribution in [3.8, 4) is 0 Å². The summed E-state index contributed by atoms with van der Waals surface area (Å²) >= 11 is 0. The number of carbonyl (C=O) groups is 2. The first kappa shape index (κ1) is 16.2. The molecule has 0 radical (unpaired) electrons. The van der Waals surface area contributed by atoms with Crippen LogP contribution in [0.1, 0.15) is 50.5 Å². The number of hydrogen-bond donors (Lipinski definition) is 2. The molecule has 2 amide bonds. The van der Waals surface area contributed by atoms with E-state index in [9.17, 15) is 9.59 Å². The molecule has 2 fully saturated rings. The molecule has 1 atom stereocenters. The molecule has 4 rings (SSSR count). The Morgan fingerprint density at radius 1 is 1.16 bits per heavy atom. The number of hydrogen-bond acceptors (Lipinski definition) is 2. The highest BCUT2D eigenvalue weighted by molar-refractivity contribution is 5.91. The molecule has 1 saturated heterocycles. The van der Waals surface area contributed by atoms with Crippen molar-refractivity contribution in [2.75, 3.05) is 0 Å². The van der Waals surface area contributed by atoms with E-state index >= 15 is 0 Å². The second-order valence-electron chi connectivity index (χ2n) is 7.28. The third-order valence-corrected chi connectivity index (χ3v) is 5.60. The summed E-state index contributed by atoms with van der Waals surface area (Å²) in [6.45, 7) is 0.492.